The van der Waals surface area contributed by atoms with Crippen molar-refractivity contribution >= 4 is 45.0 Å². The van der Waals surface area contributed by atoms with Crippen molar-refractivity contribution in [2.24, 2.45) is 7.05 Å². The van der Waals surface area contributed by atoms with Crippen molar-refractivity contribution in [2.45, 2.75) is 125 Å². The number of terminal acetylenes is 2. The summed E-state index contributed by atoms with van der Waals surface area (Å²) < 4.78 is 43.5. The lowest BCUT2D eigenvalue weighted by molar-refractivity contribution is 0.395. The molecule has 18 rings (SSSR count). The van der Waals surface area contributed by atoms with E-state index in [1.165, 1.54) is 111 Å². The average Bonchev–Trinajstić information content (AvgIpc) is 1.84. The maximum absolute atomic E-state index is 12.4. The van der Waals surface area contributed by atoms with E-state index in [1.807, 2.05) is 238 Å². The smallest absolute Gasteiger partial charge is 0.187 e. The maximum atomic E-state index is 12.4. The van der Waals surface area contributed by atoms with Gasteiger partial charge in [0.2, 0.25) is 0 Å². The first kappa shape index (κ1) is 113. The standard InChI is InChI=1S/C13H12.C11H10.C9H8O.C9H12.C9H8.C7H7Cl.C7H6F2O.C7H7F.C7H8O.C7H8.3C6H7N.C5H8N2.2C5H6S.6H2/c1-11-7-9-13(10-8-11)12-5-3-2-4-6-12;1-9-5-4-7-10-6-2-3-8-11(9)10;1-3-10-9-6-4-8(2)5-7-9;1-7-4-8(2)6-9(3)5-7;1-3-9-6-4-8(2)5-7-9;1-6-2-4-7(8)5-3-6;1-4-2-5(8)7(10)6(9)3-4;2*1-6-2-4-7(8)5-3-6;1-7-5-3-2-4-6-7;1-6-2-4-7-5-3-6;1-6-3-2-4-7-5-6;1-6-4-2-3-5-7-6;1-5-3-7(2)4-6-5;1-5-2-3-6-4-5;1-5-3-2-4-6-5;;;;;;/h2-10H,1H3;2-8H,1H3;1,4-7H,2H3;4-6H,1-3H3;1,4-7H,2H3;2-5H,1H3;2-3,10H,1H3;2-5H,1H3;2-5,8H,1H3;2-6H,1H3;3*2-5H,1H3;3-4H,1-2H3;2*2-4H,1H3;6*1H. The number of aromatic hydroxyl groups is 2. The fourth-order valence-corrected chi connectivity index (χ4v) is 12.0. The SMILES string of the molecule is C#COc1ccc(C)cc1.C#Cc1ccc(C)cc1.Cc1cc(C)cc(C)c1.Cc1cc(F)c(O)c(F)c1.Cc1ccc(-c2ccccc2)cc1.Cc1ccc(Cl)cc1.Cc1ccc(F)cc1.Cc1ccc(O)cc1.Cc1cccc2ccccc12.Cc1ccccc1.Cc1ccccn1.Cc1cccnc1.Cc1cccs1.Cc1ccncc1.Cc1ccsc1.Cc1cn(C)cn1.[HH].[HH].[HH].[HH].[HH].[HH]. The van der Waals surface area contributed by atoms with Gasteiger partial charge < -0.3 is 19.5 Å². The highest BCUT2D eigenvalue weighted by atomic mass is 35.5. The number of aryl methyl sites for hydroxylation is 19. The number of aromatic nitrogens is 5. The Morgan fingerprint density at radius 3 is 1.18 bits per heavy atom. The molecule has 6 heterocycles. The van der Waals surface area contributed by atoms with Gasteiger partial charge in [0.25, 0.3) is 0 Å². The van der Waals surface area contributed by atoms with Crippen molar-refractivity contribution in [2.75, 3.05) is 0 Å². The van der Waals surface area contributed by atoms with E-state index in [0.29, 0.717) is 17.1 Å². The van der Waals surface area contributed by atoms with Gasteiger partial charge in [-0.2, -0.15) is 11.3 Å². The van der Waals surface area contributed by atoms with E-state index < -0.39 is 17.4 Å². The number of phenols is 2. The summed E-state index contributed by atoms with van der Waals surface area (Å²) in [6, 6.07) is 110. The molecule has 0 atom stereocenters. The molecule has 133 heavy (non-hydrogen) atoms. The second-order valence-electron chi connectivity index (χ2n) is 30.6. The third kappa shape index (κ3) is 56.6. The molecule has 2 N–H and O–H groups in total. The largest absolute Gasteiger partial charge is 0.508 e. The van der Waals surface area contributed by atoms with Crippen molar-refractivity contribution in [3.63, 3.8) is 0 Å². The monoisotopic (exact) mass is 1840 g/mol. The first-order valence-electron chi connectivity index (χ1n) is 42.9. The summed E-state index contributed by atoms with van der Waals surface area (Å²) in [6.45, 7) is 36.5. The van der Waals surface area contributed by atoms with Crippen molar-refractivity contribution in [1.29, 1.82) is 0 Å². The fraction of sp³-hybridized carbons (Fsp3) is 0.160. The van der Waals surface area contributed by atoms with Gasteiger partial charge in [0.15, 0.2) is 17.4 Å². The van der Waals surface area contributed by atoms with Crippen LogP contribution in [0.2, 0.25) is 5.02 Å². The Hall–Kier alpha value is -14.4. The third-order valence-electron chi connectivity index (χ3n) is 17.7. The van der Waals surface area contributed by atoms with Crippen LogP contribution in [-0.4, -0.2) is 34.7 Å². The van der Waals surface area contributed by atoms with Gasteiger partial charge in [-0.3, -0.25) is 15.0 Å². The van der Waals surface area contributed by atoms with Crippen LogP contribution < -0.4 is 4.74 Å². The quantitative estimate of drug-likeness (QED) is 0.166. The van der Waals surface area contributed by atoms with Gasteiger partial charge in [-0.15, -0.1) is 17.8 Å². The minimum Gasteiger partial charge on any atom is -0.508 e. The molecule has 0 saturated carbocycles. The minimum absolute atomic E-state index is 0. The first-order chi connectivity index (χ1) is 63.7. The number of nitrogens with zero attached hydrogens (tertiary/aromatic N) is 5. The molecule has 0 unspecified atom stereocenters. The number of imidazole rings is 1. The number of hydrogen-bond acceptors (Lipinski definition) is 9. The third-order valence-corrected chi connectivity index (χ3v) is 19.6. The van der Waals surface area contributed by atoms with Gasteiger partial charge in [0.1, 0.15) is 23.4 Å². The predicted octanol–water partition coefficient (Wildman–Crippen LogP) is 34.3. The number of pyridine rings is 3. The Labute approximate surface area is 812 Å². The number of rotatable bonds is 2. The Balaban J connectivity index is -0.000000700. The van der Waals surface area contributed by atoms with Crippen LogP contribution in [0.25, 0.3) is 21.9 Å². The molecule has 8 nitrogen and oxygen atoms in total. The molecule has 0 amide bonds. The summed E-state index contributed by atoms with van der Waals surface area (Å²) in [4.78, 5) is 17.1. The van der Waals surface area contributed by atoms with E-state index in [0.717, 1.165) is 39.7 Å². The second kappa shape index (κ2) is 67.7. The highest BCUT2D eigenvalue weighted by molar-refractivity contribution is 7.09. The average molecular weight is 1840 g/mol. The van der Waals surface area contributed by atoms with Crippen LogP contribution in [0, 0.1) is 167 Å². The number of thiophene rings is 2. The molecule has 0 fully saturated rings. The molecule has 0 spiro atoms. The van der Waals surface area contributed by atoms with Crippen molar-refractivity contribution in [3.8, 4) is 53.2 Å². The van der Waals surface area contributed by atoms with Crippen LogP contribution in [0.4, 0.5) is 13.2 Å². The summed E-state index contributed by atoms with van der Waals surface area (Å²) in [7, 11) is 1.96. The molecular weight excluding hydrogens is 1700 g/mol. The number of ether oxygens (including phenoxy) is 1. The van der Waals surface area contributed by atoms with Gasteiger partial charge >= 0.3 is 0 Å². The molecule has 0 aliphatic heterocycles. The van der Waals surface area contributed by atoms with Crippen LogP contribution in [0.5, 0.6) is 17.2 Å². The van der Waals surface area contributed by atoms with Crippen LogP contribution in [0.15, 0.2) is 399 Å². The molecule has 0 saturated heterocycles. The summed E-state index contributed by atoms with van der Waals surface area (Å²) in [6.07, 6.45) is 24.9. The number of benzene rings is 12. The first-order valence-corrected chi connectivity index (χ1v) is 45.1. The van der Waals surface area contributed by atoms with Gasteiger partial charge in [0, 0.05) is 73.9 Å². The van der Waals surface area contributed by atoms with Crippen LogP contribution in [0.1, 0.15) is 114 Å². The van der Waals surface area contributed by atoms with Gasteiger partial charge in [0.05, 0.1) is 12.0 Å². The highest BCUT2D eigenvalue weighted by Crippen LogP contribution is 2.22. The van der Waals surface area contributed by atoms with Crippen molar-refractivity contribution in [1.82, 2.24) is 24.5 Å². The summed E-state index contributed by atoms with van der Waals surface area (Å²) >= 11 is 9.13. The van der Waals surface area contributed by atoms with Crippen LogP contribution in [-0.2, 0) is 7.05 Å². The van der Waals surface area contributed by atoms with E-state index in [9.17, 15) is 13.2 Å². The highest BCUT2D eigenvalue weighted by Gasteiger charge is 2.07. The molecule has 14 heteroatoms. The predicted molar refractivity (Wildman–Crippen MR) is 575 cm³/mol. The summed E-state index contributed by atoms with van der Waals surface area (Å²) in [5.74, 6) is 0.679. The molecule has 698 valence electrons. The van der Waals surface area contributed by atoms with Crippen LogP contribution in [0.3, 0.4) is 0 Å². The van der Waals surface area contributed by atoms with E-state index in [2.05, 4.69) is 243 Å². The van der Waals surface area contributed by atoms with E-state index in [1.54, 1.807) is 85.0 Å². The molecule has 0 aliphatic rings. The zero-order chi connectivity index (χ0) is 97.9. The lowest BCUT2D eigenvalue weighted by Crippen LogP contribution is -1.83. The van der Waals surface area contributed by atoms with Gasteiger partial charge in [-0.25, -0.2) is 18.2 Å². The molecule has 6 aromatic heterocycles. The second-order valence-corrected chi connectivity index (χ2v) is 33.0. The van der Waals surface area contributed by atoms with E-state index in [4.69, 9.17) is 39.4 Å². The number of phenolic OH excluding ortho intramolecular Hbond substituents is 2. The normalized spacial score (nSPS) is 9.21. The number of fused-ring (bicyclic) bond motifs is 1. The molecule has 12 aromatic carbocycles. The molecule has 0 aliphatic carbocycles. The molecule has 0 radical (unpaired) electrons. The molecular formula is C119H139ClF3N5O3S2. The van der Waals surface area contributed by atoms with E-state index >= 15 is 0 Å². The van der Waals surface area contributed by atoms with Gasteiger partial charge in [-0.05, 0) is 306 Å². The van der Waals surface area contributed by atoms with Crippen molar-refractivity contribution in [3.05, 3.63) is 527 Å². The number of hydrogen-bond donors (Lipinski definition) is 2. The summed E-state index contributed by atoms with van der Waals surface area (Å²) in [5.41, 5.74) is 23.9. The Bertz CT molecular complexity index is 5700. The van der Waals surface area contributed by atoms with E-state index in [-0.39, 0.29) is 14.4 Å². The van der Waals surface area contributed by atoms with Crippen molar-refractivity contribution < 1.29 is 36.7 Å². The van der Waals surface area contributed by atoms with Gasteiger partial charge in [-0.1, -0.05) is 304 Å². The Morgan fingerprint density at radius 1 is 0.376 bits per heavy atom. The lowest BCUT2D eigenvalue weighted by atomic mass is 10.0. The maximum Gasteiger partial charge on any atom is 0.187 e. The Morgan fingerprint density at radius 2 is 0.835 bits per heavy atom. The molecule has 0 bridgehead atoms. The zero-order valence-electron chi connectivity index (χ0n) is 80.1. The molecule has 18 aromatic rings. The topological polar surface area (TPSA) is 106 Å². The minimum atomic E-state index is -0.919. The Kier molecular flexibility index (Phi) is 57.4. The van der Waals surface area contributed by atoms with Crippen LogP contribution >= 0.6 is 34.3 Å². The fourth-order valence-electron chi connectivity index (χ4n) is 10.7. The summed E-state index contributed by atoms with van der Waals surface area (Å²) in [5, 5.41) is 27.1. The lowest BCUT2D eigenvalue weighted by Gasteiger charge is -2.00. The number of halogens is 4. The zero-order valence-corrected chi connectivity index (χ0v) is 82.5.